The van der Waals surface area contributed by atoms with Crippen LogP contribution in [0.25, 0.3) is 0 Å². The van der Waals surface area contributed by atoms with Gasteiger partial charge in [-0.1, -0.05) is 0 Å². The molecule has 0 radical (unpaired) electrons. The van der Waals surface area contributed by atoms with E-state index >= 15 is 0 Å². The summed E-state index contributed by atoms with van der Waals surface area (Å²) in [6.07, 6.45) is 3.24. The first-order valence-electron chi connectivity index (χ1n) is 10.3. The molecule has 4 rings (SSSR count). The largest absolute Gasteiger partial charge is 0.497 e. The quantitative estimate of drug-likeness (QED) is 0.342. The van der Waals surface area contributed by atoms with Crippen molar-refractivity contribution in [2.24, 2.45) is 0 Å². The fraction of sp³-hybridized carbons (Fsp3) is 0.200. The molecule has 1 amide bonds. The van der Waals surface area contributed by atoms with Gasteiger partial charge in [-0.2, -0.15) is 0 Å². The fourth-order valence-corrected chi connectivity index (χ4v) is 4.52. The number of aromatic nitrogens is 1. The molecule has 3 aromatic heterocycles. The highest BCUT2D eigenvalue weighted by Crippen LogP contribution is 2.41. The Morgan fingerprint density at radius 1 is 1.06 bits per heavy atom. The highest BCUT2D eigenvalue weighted by atomic mass is 32.1. The average molecular weight is 464 g/mol. The molecule has 0 unspecified atom stereocenters. The molecule has 4 aromatic rings. The molecule has 8 heteroatoms. The van der Waals surface area contributed by atoms with Crippen LogP contribution in [0.3, 0.4) is 0 Å². The van der Waals surface area contributed by atoms with E-state index in [0.717, 1.165) is 21.6 Å². The minimum absolute atomic E-state index is 0.246. The molecule has 0 aliphatic rings. The number of ether oxygens (including phenoxy) is 2. The summed E-state index contributed by atoms with van der Waals surface area (Å²) in [6, 6.07) is 14.6. The third-order valence-electron chi connectivity index (χ3n) is 5.12. The Morgan fingerprint density at radius 3 is 2.61 bits per heavy atom. The number of hydrogen-bond donors (Lipinski definition) is 2. The number of carbonyl (C=O) groups is 1. The molecule has 3 heterocycles. The third-order valence-corrected chi connectivity index (χ3v) is 6.10. The summed E-state index contributed by atoms with van der Waals surface area (Å²) in [5, 5.41) is 7.24. The second kappa shape index (κ2) is 9.79. The minimum atomic E-state index is -0.374. The number of thiophene rings is 1. The van der Waals surface area contributed by atoms with Crippen molar-refractivity contribution in [2.75, 3.05) is 24.9 Å². The molecule has 7 nitrogen and oxygen atoms in total. The standard InChI is InChI=1S/C25H25N3O4S/c1-15-9-10-26-22(12-15)27-23(18-14-17(30-3)7-8-20(18)31-4)19-13-16(2)33-25(19)28-24(29)21-6-5-11-32-21/h5-14,23H,1-4H3,(H,26,27)(H,28,29)/t23-/m1/s1. The number of methoxy groups -OCH3 is 2. The number of hydrogen-bond acceptors (Lipinski definition) is 7. The lowest BCUT2D eigenvalue weighted by Crippen LogP contribution is -2.17. The van der Waals surface area contributed by atoms with Crippen LogP contribution in [0.2, 0.25) is 0 Å². The zero-order valence-corrected chi connectivity index (χ0v) is 19.7. The Bertz CT molecular complexity index is 1250. The molecule has 0 saturated carbocycles. The molecule has 0 aliphatic carbocycles. The fourth-order valence-electron chi connectivity index (χ4n) is 3.57. The van der Waals surface area contributed by atoms with Gasteiger partial charge in [-0.15, -0.1) is 11.3 Å². The smallest absolute Gasteiger partial charge is 0.291 e. The van der Waals surface area contributed by atoms with Gasteiger partial charge in [-0.25, -0.2) is 4.98 Å². The highest BCUT2D eigenvalue weighted by molar-refractivity contribution is 7.16. The second-order valence-corrected chi connectivity index (χ2v) is 8.73. The van der Waals surface area contributed by atoms with E-state index in [0.29, 0.717) is 22.3 Å². The minimum Gasteiger partial charge on any atom is -0.497 e. The predicted molar refractivity (Wildman–Crippen MR) is 130 cm³/mol. The summed E-state index contributed by atoms with van der Waals surface area (Å²) >= 11 is 1.49. The number of nitrogens with zero attached hydrogens (tertiary/aromatic N) is 1. The SMILES string of the molecule is COc1ccc(OC)c([C@@H](Nc2cc(C)ccn2)c2cc(C)sc2NC(=O)c2ccco2)c1. The van der Waals surface area contributed by atoms with Crippen molar-refractivity contribution in [3.63, 3.8) is 0 Å². The average Bonchev–Trinajstić information content (AvgIpc) is 3.47. The summed E-state index contributed by atoms with van der Waals surface area (Å²) in [7, 11) is 3.26. The van der Waals surface area contributed by atoms with E-state index in [9.17, 15) is 4.79 Å². The molecule has 1 atom stereocenters. The number of furan rings is 1. The first-order valence-corrected chi connectivity index (χ1v) is 11.2. The topological polar surface area (TPSA) is 85.6 Å². The molecule has 0 spiro atoms. The van der Waals surface area contributed by atoms with Crippen LogP contribution in [0.1, 0.15) is 38.2 Å². The number of nitrogens with one attached hydrogen (secondary N) is 2. The number of rotatable bonds is 8. The van der Waals surface area contributed by atoms with Crippen LogP contribution in [0.4, 0.5) is 10.8 Å². The van der Waals surface area contributed by atoms with Crippen LogP contribution >= 0.6 is 11.3 Å². The van der Waals surface area contributed by atoms with Gasteiger partial charge in [0.2, 0.25) is 0 Å². The molecule has 0 bridgehead atoms. The first kappa shape index (κ1) is 22.4. The lowest BCUT2D eigenvalue weighted by Gasteiger charge is -2.23. The molecule has 0 aliphatic heterocycles. The van der Waals surface area contributed by atoms with Crippen molar-refractivity contribution in [2.45, 2.75) is 19.9 Å². The van der Waals surface area contributed by atoms with Crippen molar-refractivity contribution >= 4 is 28.1 Å². The lowest BCUT2D eigenvalue weighted by molar-refractivity contribution is 0.0997. The maximum absolute atomic E-state index is 12.7. The van der Waals surface area contributed by atoms with Gasteiger partial charge in [0.1, 0.15) is 22.3 Å². The maximum Gasteiger partial charge on any atom is 0.291 e. The summed E-state index contributed by atoms with van der Waals surface area (Å²) < 4.78 is 16.4. The van der Waals surface area contributed by atoms with Crippen molar-refractivity contribution in [3.05, 3.63) is 88.3 Å². The number of carbonyl (C=O) groups excluding carboxylic acids is 1. The van der Waals surface area contributed by atoms with Crippen LogP contribution in [-0.2, 0) is 0 Å². The summed E-state index contributed by atoms with van der Waals surface area (Å²) in [6.45, 7) is 4.01. The van der Waals surface area contributed by atoms with Crippen LogP contribution in [0, 0.1) is 13.8 Å². The molecular weight excluding hydrogens is 438 g/mol. The maximum atomic E-state index is 12.7. The van der Waals surface area contributed by atoms with E-state index < -0.39 is 0 Å². The Balaban J connectivity index is 1.81. The molecule has 2 N–H and O–H groups in total. The zero-order chi connectivity index (χ0) is 23.4. The van der Waals surface area contributed by atoms with Gasteiger partial charge in [-0.3, -0.25) is 4.79 Å². The Labute approximate surface area is 196 Å². The predicted octanol–water partition coefficient (Wildman–Crippen LogP) is 5.82. The van der Waals surface area contributed by atoms with Crippen molar-refractivity contribution in [1.29, 1.82) is 0 Å². The molecular formula is C25H25N3O4S. The van der Waals surface area contributed by atoms with Crippen molar-refractivity contribution in [1.82, 2.24) is 4.98 Å². The van der Waals surface area contributed by atoms with Gasteiger partial charge in [0.25, 0.3) is 5.91 Å². The number of anilines is 2. The number of pyridine rings is 1. The second-order valence-electron chi connectivity index (χ2n) is 7.48. The molecule has 0 saturated heterocycles. The van der Waals surface area contributed by atoms with E-state index in [2.05, 4.69) is 21.7 Å². The lowest BCUT2D eigenvalue weighted by atomic mass is 9.98. The van der Waals surface area contributed by atoms with Gasteiger partial charge in [0.05, 0.1) is 26.5 Å². The van der Waals surface area contributed by atoms with E-state index in [1.54, 1.807) is 32.5 Å². The van der Waals surface area contributed by atoms with Crippen LogP contribution in [-0.4, -0.2) is 25.1 Å². The monoisotopic (exact) mass is 463 g/mol. The van der Waals surface area contributed by atoms with Crippen molar-refractivity contribution in [3.8, 4) is 11.5 Å². The normalized spacial score (nSPS) is 11.6. The highest BCUT2D eigenvalue weighted by Gasteiger charge is 2.26. The third kappa shape index (κ3) is 5.01. The van der Waals surface area contributed by atoms with Crippen LogP contribution < -0.4 is 20.1 Å². The van der Waals surface area contributed by atoms with Gasteiger partial charge in [0, 0.05) is 22.2 Å². The number of benzene rings is 1. The summed E-state index contributed by atoms with van der Waals surface area (Å²) in [5.74, 6) is 2.03. The van der Waals surface area contributed by atoms with Gasteiger partial charge < -0.3 is 24.5 Å². The van der Waals surface area contributed by atoms with Crippen LogP contribution in [0.15, 0.2) is 65.4 Å². The Hall–Kier alpha value is -3.78. The zero-order valence-electron chi connectivity index (χ0n) is 18.8. The molecule has 170 valence electrons. The summed E-state index contributed by atoms with van der Waals surface area (Å²) in [5.41, 5.74) is 2.82. The number of amides is 1. The van der Waals surface area contributed by atoms with E-state index in [-0.39, 0.29) is 17.7 Å². The molecule has 33 heavy (non-hydrogen) atoms. The summed E-state index contributed by atoms with van der Waals surface area (Å²) in [4.78, 5) is 18.3. The van der Waals surface area contributed by atoms with E-state index in [1.807, 2.05) is 44.2 Å². The van der Waals surface area contributed by atoms with Gasteiger partial charge >= 0.3 is 0 Å². The van der Waals surface area contributed by atoms with Crippen LogP contribution in [0.5, 0.6) is 11.5 Å². The first-order chi connectivity index (χ1) is 16.0. The number of aryl methyl sites for hydroxylation is 2. The van der Waals surface area contributed by atoms with Crippen molar-refractivity contribution < 1.29 is 18.7 Å². The molecule has 0 fully saturated rings. The molecule has 1 aromatic carbocycles. The Kier molecular flexibility index (Phi) is 6.65. The Morgan fingerprint density at radius 2 is 1.91 bits per heavy atom. The van der Waals surface area contributed by atoms with E-state index in [1.165, 1.54) is 17.6 Å². The van der Waals surface area contributed by atoms with E-state index in [4.69, 9.17) is 13.9 Å². The van der Waals surface area contributed by atoms with Gasteiger partial charge in [0.15, 0.2) is 5.76 Å². The van der Waals surface area contributed by atoms with Gasteiger partial charge in [-0.05, 0) is 67.9 Å².